The average Bonchev–Trinajstić information content (AvgIpc) is 2.85. The number of aliphatic hydroxyl groups is 1. The van der Waals surface area contributed by atoms with E-state index in [1.807, 2.05) is 0 Å². The van der Waals surface area contributed by atoms with Crippen LogP contribution in [0.15, 0.2) is 54.1 Å². The van der Waals surface area contributed by atoms with Gasteiger partial charge in [-0.05, 0) is 23.8 Å². The van der Waals surface area contributed by atoms with Crippen molar-refractivity contribution < 1.29 is 24.5 Å². The Labute approximate surface area is 138 Å². The second kappa shape index (κ2) is 6.04. The van der Waals surface area contributed by atoms with E-state index in [-0.39, 0.29) is 22.8 Å². The van der Waals surface area contributed by atoms with Gasteiger partial charge in [0.15, 0.2) is 17.3 Å². The maximum Gasteiger partial charge on any atom is 0.201 e. The summed E-state index contributed by atoms with van der Waals surface area (Å²) in [5.41, 5.74) is 1.06. The molecule has 0 spiro atoms. The molecule has 0 saturated heterocycles. The van der Waals surface area contributed by atoms with Gasteiger partial charge in [-0.1, -0.05) is 36.4 Å². The second-order valence-electron chi connectivity index (χ2n) is 5.23. The van der Waals surface area contributed by atoms with Crippen molar-refractivity contribution >= 4 is 23.4 Å². The smallest absolute Gasteiger partial charge is 0.201 e. The largest absolute Gasteiger partial charge is 0.506 e. The van der Waals surface area contributed by atoms with Crippen LogP contribution in [0.1, 0.15) is 21.5 Å². The second-order valence-corrected chi connectivity index (χ2v) is 5.23. The number of fused-ring (bicyclic) bond motifs is 1. The predicted molar refractivity (Wildman–Crippen MR) is 89.0 cm³/mol. The Hall–Kier alpha value is -3.34. The minimum atomic E-state index is -0.583. The molecule has 2 aromatic carbocycles. The fourth-order valence-corrected chi connectivity index (χ4v) is 2.55. The molecule has 0 amide bonds. The number of phenols is 1. The van der Waals surface area contributed by atoms with Gasteiger partial charge in [0.2, 0.25) is 5.78 Å². The van der Waals surface area contributed by atoms with Crippen molar-refractivity contribution in [2.24, 2.45) is 0 Å². The van der Waals surface area contributed by atoms with E-state index in [9.17, 15) is 19.8 Å². The first-order valence-electron chi connectivity index (χ1n) is 7.19. The van der Waals surface area contributed by atoms with Crippen LogP contribution in [-0.4, -0.2) is 28.9 Å². The number of methoxy groups -OCH3 is 1. The Morgan fingerprint density at radius 3 is 2.46 bits per heavy atom. The molecule has 0 fully saturated rings. The van der Waals surface area contributed by atoms with Crippen LogP contribution in [0.4, 0.5) is 0 Å². The lowest BCUT2D eigenvalue weighted by molar-refractivity contribution is -0.110. The highest BCUT2D eigenvalue weighted by Gasteiger charge is 2.32. The summed E-state index contributed by atoms with van der Waals surface area (Å²) in [5, 5.41) is 19.7. The van der Waals surface area contributed by atoms with E-state index < -0.39 is 11.6 Å². The molecule has 0 radical (unpaired) electrons. The molecule has 1 aliphatic carbocycles. The number of carbonyl (C=O) groups is 2. The number of hydrogen-bond donors (Lipinski definition) is 2. The number of aliphatic hydroxyl groups excluding tert-OH is 1. The van der Waals surface area contributed by atoms with Gasteiger partial charge in [-0.2, -0.15) is 0 Å². The number of carbonyl (C=O) groups excluding carboxylic acids is 2. The van der Waals surface area contributed by atoms with E-state index in [1.165, 1.54) is 25.3 Å². The van der Waals surface area contributed by atoms with E-state index in [1.54, 1.807) is 36.4 Å². The first-order valence-corrected chi connectivity index (χ1v) is 7.19. The zero-order valence-electron chi connectivity index (χ0n) is 12.8. The number of ether oxygens (including phenoxy) is 1. The standard InChI is InChI=1S/C19H14O5/c1-24-16-10-11(6-8-14(16)20)7-9-15(21)17-18(22)12-4-2-3-5-13(12)19(17)23/h2-10,20,22H,1H3/b9-7+. The fourth-order valence-electron chi connectivity index (χ4n) is 2.55. The Kier molecular flexibility index (Phi) is 3.92. The number of benzene rings is 2. The first kappa shape index (κ1) is 15.6. The molecular formula is C19H14O5. The number of aromatic hydroxyl groups is 1. The zero-order valence-corrected chi connectivity index (χ0v) is 12.8. The summed E-state index contributed by atoms with van der Waals surface area (Å²) in [4.78, 5) is 24.6. The number of phenolic OH excluding ortho intramolecular Hbond substituents is 1. The van der Waals surface area contributed by atoms with Crippen LogP contribution in [0.5, 0.6) is 11.5 Å². The summed E-state index contributed by atoms with van der Waals surface area (Å²) >= 11 is 0. The molecule has 24 heavy (non-hydrogen) atoms. The molecular weight excluding hydrogens is 308 g/mol. The Morgan fingerprint density at radius 2 is 1.79 bits per heavy atom. The minimum absolute atomic E-state index is 0.0113. The summed E-state index contributed by atoms with van der Waals surface area (Å²) in [6.45, 7) is 0. The molecule has 0 aromatic heterocycles. The Balaban J connectivity index is 1.89. The summed E-state index contributed by atoms with van der Waals surface area (Å²) < 4.78 is 5.00. The molecule has 0 atom stereocenters. The van der Waals surface area contributed by atoms with Crippen molar-refractivity contribution in [3.63, 3.8) is 0 Å². The van der Waals surface area contributed by atoms with Crippen LogP contribution in [0.25, 0.3) is 11.8 Å². The Morgan fingerprint density at radius 1 is 1.08 bits per heavy atom. The first-order chi connectivity index (χ1) is 11.5. The van der Waals surface area contributed by atoms with Gasteiger partial charge in [-0.25, -0.2) is 0 Å². The van der Waals surface area contributed by atoms with E-state index in [0.717, 1.165) is 0 Å². The molecule has 0 unspecified atom stereocenters. The van der Waals surface area contributed by atoms with Crippen molar-refractivity contribution in [3.05, 3.63) is 70.8 Å². The number of rotatable bonds is 4. The number of hydrogen-bond acceptors (Lipinski definition) is 5. The van der Waals surface area contributed by atoms with Crippen molar-refractivity contribution in [2.75, 3.05) is 7.11 Å². The lowest BCUT2D eigenvalue weighted by Crippen LogP contribution is -2.08. The predicted octanol–water partition coefficient (Wildman–Crippen LogP) is 3.15. The highest BCUT2D eigenvalue weighted by atomic mass is 16.5. The molecule has 0 heterocycles. The normalized spacial score (nSPS) is 13.5. The van der Waals surface area contributed by atoms with Crippen molar-refractivity contribution in [2.45, 2.75) is 0 Å². The molecule has 2 aromatic rings. The fraction of sp³-hybridized carbons (Fsp3) is 0.0526. The number of ketones is 2. The van der Waals surface area contributed by atoms with Crippen molar-refractivity contribution in [3.8, 4) is 11.5 Å². The monoisotopic (exact) mass is 322 g/mol. The van der Waals surface area contributed by atoms with Crippen molar-refractivity contribution in [1.29, 1.82) is 0 Å². The lowest BCUT2D eigenvalue weighted by Gasteiger charge is -2.03. The van der Waals surface area contributed by atoms with E-state index in [0.29, 0.717) is 16.7 Å². The molecule has 5 heteroatoms. The highest BCUT2D eigenvalue weighted by molar-refractivity contribution is 6.36. The lowest BCUT2D eigenvalue weighted by atomic mass is 10.0. The van der Waals surface area contributed by atoms with Crippen LogP contribution >= 0.6 is 0 Å². The van der Waals surface area contributed by atoms with Gasteiger partial charge in [0.25, 0.3) is 0 Å². The van der Waals surface area contributed by atoms with Crippen LogP contribution in [-0.2, 0) is 4.79 Å². The number of Topliss-reactive ketones (excluding diaryl/α,β-unsaturated/α-hetero) is 1. The molecule has 120 valence electrons. The molecule has 1 aliphatic rings. The quantitative estimate of drug-likeness (QED) is 0.667. The SMILES string of the molecule is COc1cc(/C=C/C(=O)C2=C(O)c3ccccc3C2=O)ccc1O. The van der Waals surface area contributed by atoms with Gasteiger partial charge in [-0.3, -0.25) is 9.59 Å². The maximum atomic E-state index is 12.3. The molecule has 2 N–H and O–H groups in total. The van der Waals surface area contributed by atoms with Gasteiger partial charge < -0.3 is 14.9 Å². The van der Waals surface area contributed by atoms with Gasteiger partial charge >= 0.3 is 0 Å². The zero-order chi connectivity index (χ0) is 17.3. The maximum absolute atomic E-state index is 12.3. The molecule has 5 nitrogen and oxygen atoms in total. The number of allylic oxidation sites excluding steroid dienone is 2. The average molecular weight is 322 g/mol. The summed E-state index contributed by atoms with van der Waals surface area (Å²) in [7, 11) is 1.42. The third-order valence-corrected chi connectivity index (χ3v) is 3.77. The third kappa shape index (κ3) is 2.56. The van der Waals surface area contributed by atoms with Gasteiger partial charge in [0.05, 0.1) is 7.11 Å². The molecule has 0 bridgehead atoms. The Bertz CT molecular complexity index is 906. The van der Waals surface area contributed by atoms with E-state index in [4.69, 9.17) is 4.74 Å². The molecule has 0 aliphatic heterocycles. The van der Waals surface area contributed by atoms with Crippen molar-refractivity contribution in [1.82, 2.24) is 0 Å². The summed E-state index contributed by atoms with van der Waals surface area (Å²) in [6, 6.07) is 11.1. The van der Waals surface area contributed by atoms with E-state index in [2.05, 4.69) is 0 Å². The topological polar surface area (TPSA) is 83.8 Å². The van der Waals surface area contributed by atoms with Crippen LogP contribution in [0, 0.1) is 0 Å². The highest BCUT2D eigenvalue weighted by Crippen LogP contribution is 2.32. The van der Waals surface area contributed by atoms with Crippen LogP contribution in [0.3, 0.4) is 0 Å². The molecule has 0 saturated carbocycles. The van der Waals surface area contributed by atoms with E-state index >= 15 is 0 Å². The van der Waals surface area contributed by atoms with Gasteiger partial charge in [0, 0.05) is 11.1 Å². The van der Waals surface area contributed by atoms with Gasteiger partial charge in [0.1, 0.15) is 11.3 Å². The minimum Gasteiger partial charge on any atom is -0.506 e. The molecule has 3 rings (SSSR count). The summed E-state index contributed by atoms with van der Waals surface area (Å²) in [6.07, 6.45) is 2.70. The van der Waals surface area contributed by atoms with Crippen LogP contribution in [0.2, 0.25) is 0 Å². The van der Waals surface area contributed by atoms with Gasteiger partial charge in [-0.15, -0.1) is 0 Å². The van der Waals surface area contributed by atoms with Crippen LogP contribution < -0.4 is 4.74 Å². The third-order valence-electron chi connectivity index (χ3n) is 3.77. The summed E-state index contributed by atoms with van der Waals surface area (Å²) in [5.74, 6) is -1.10.